The zero-order valence-electron chi connectivity index (χ0n) is 22.9. The molecule has 206 valence electrons. The van der Waals surface area contributed by atoms with Gasteiger partial charge in [-0.25, -0.2) is 8.78 Å². The van der Waals surface area contributed by atoms with Gasteiger partial charge < -0.3 is 4.31 Å². The Kier molecular flexibility index (Phi) is 9.24. The topological polar surface area (TPSA) is 31.2 Å². The molecular formula is C33H34F2N4S. The van der Waals surface area contributed by atoms with Gasteiger partial charge in [0.2, 0.25) is 0 Å². The van der Waals surface area contributed by atoms with Crippen molar-refractivity contribution in [1.82, 2.24) is 4.90 Å². The van der Waals surface area contributed by atoms with E-state index in [2.05, 4.69) is 92.2 Å². The van der Waals surface area contributed by atoms with Gasteiger partial charge in [0, 0.05) is 37.5 Å². The van der Waals surface area contributed by atoms with Crippen LogP contribution in [-0.4, -0.2) is 35.0 Å². The van der Waals surface area contributed by atoms with E-state index >= 15 is 0 Å². The second-order valence-corrected chi connectivity index (χ2v) is 10.8. The first-order valence-corrected chi connectivity index (χ1v) is 14.8. The van der Waals surface area contributed by atoms with Crippen molar-refractivity contribution in [2.75, 3.05) is 16.6 Å². The summed E-state index contributed by atoms with van der Waals surface area (Å²) in [5.41, 5.74) is 6.40. The molecule has 0 amide bonds. The summed E-state index contributed by atoms with van der Waals surface area (Å²) in [5.74, 6) is 0.968. The molecule has 0 aliphatic carbocycles. The van der Waals surface area contributed by atoms with Crippen molar-refractivity contribution >= 4 is 39.8 Å². The average Bonchev–Trinajstić information content (AvgIpc) is 3.50. The van der Waals surface area contributed by atoms with Crippen LogP contribution in [0.2, 0.25) is 0 Å². The van der Waals surface area contributed by atoms with E-state index in [1.807, 2.05) is 44.0 Å². The Morgan fingerprint density at radius 3 is 2.12 bits per heavy atom. The highest BCUT2D eigenvalue weighted by Gasteiger charge is 2.22. The Bertz CT molecular complexity index is 1450. The Morgan fingerprint density at radius 1 is 0.825 bits per heavy atom. The van der Waals surface area contributed by atoms with Crippen molar-refractivity contribution in [1.29, 1.82) is 0 Å². The largest absolute Gasteiger partial charge is 0.312 e. The minimum Gasteiger partial charge on any atom is -0.312 e. The van der Waals surface area contributed by atoms with E-state index in [1.54, 1.807) is 0 Å². The Balaban J connectivity index is 0.00000158. The first-order valence-electron chi connectivity index (χ1n) is 13.8. The number of anilines is 1. The van der Waals surface area contributed by atoms with Gasteiger partial charge in [-0.2, -0.15) is 10.2 Å². The summed E-state index contributed by atoms with van der Waals surface area (Å²) in [7, 11) is 0. The maximum absolute atomic E-state index is 12.9. The number of nitrogens with zero attached hydrogens (tertiary/aromatic N) is 4. The van der Waals surface area contributed by atoms with E-state index in [9.17, 15) is 8.78 Å². The molecule has 4 aromatic carbocycles. The number of para-hydroxylation sites is 1. The van der Waals surface area contributed by atoms with Gasteiger partial charge in [0.25, 0.3) is 6.43 Å². The highest BCUT2D eigenvalue weighted by atomic mass is 32.2. The lowest BCUT2D eigenvalue weighted by molar-refractivity contribution is 0.224. The van der Waals surface area contributed by atoms with Crippen molar-refractivity contribution in [3.63, 3.8) is 0 Å². The summed E-state index contributed by atoms with van der Waals surface area (Å²) in [4.78, 5) is 2.53. The molecule has 0 aromatic heterocycles. The highest BCUT2D eigenvalue weighted by molar-refractivity contribution is 8.00. The molecule has 0 saturated heterocycles. The molecule has 2 aliphatic heterocycles. The Morgan fingerprint density at radius 2 is 1.50 bits per heavy atom. The molecule has 0 saturated carbocycles. The lowest BCUT2D eigenvalue weighted by Gasteiger charge is -2.30. The molecule has 4 aromatic rings. The number of rotatable bonds is 9. The highest BCUT2D eigenvalue weighted by Crippen LogP contribution is 2.31. The zero-order chi connectivity index (χ0) is 27.9. The summed E-state index contributed by atoms with van der Waals surface area (Å²) < 4.78 is 28.2. The van der Waals surface area contributed by atoms with Crippen LogP contribution in [0.25, 0.3) is 10.8 Å². The van der Waals surface area contributed by atoms with Crippen LogP contribution in [0.5, 0.6) is 0 Å². The number of benzene rings is 4. The summed E-state index contributed by atoms with van der Waals surface area (Å²) in [6, 6.07) is 31.7. The van der Waals surface area contributed by atoms with Crippen LogP contribution >= 0.6 is 11.9 Å². The molecule has 7 heteroatoms. The van der Waals surface area contributed by atoms with Crippen LogP contribution in [0.4, 0.5) is 14.5 Å². The number of alkyl halides is 2. The van der Waals surface area contributed by atoms with Gasteiger partial charge in [0.1, 0.15) is 5.71 Å². The molecule has 2 aliphatic rings. The van der Waals surface area contributed by atoms with E-state index in [0.717, 1.165) is 48.7 Å². The maximum atomic E-state index is 12.9. The van der Waals surface area contributed by atoms with E-state index in [1.165, 1.54) is 21.9 Å². The van der Waals surface area contributed by atoms with Gasteiger partial charge >= 0.3 is 0 Å². The first-order chi connectivity index (χ1) is 19.6. The fourth-order valence-electron chi connectivity index (χ4n) is 5.16. The first kappa shape index (κ1) is 28.0. The van der Waals surface area contributed by atoms with Gasteiger partial charge in [-0.15, -0.1) is 0 Å². The van der Waals surface area contributed by atoms with Crippen LogP contribution in [-0.2, 0) is 19.6 Å². The second-order valence-electron chi connectivity index (χ2n) is 9.66. The van der Waals surface area contributed by atoms with Crippen molar-refractivity contribution < 1.29 is 8.78 Å². The normalized spacial score (nSPS) is 14.5. The average molecular weight is 557 g/mol. The van der Waals surface area contributed by atoms with Crippen LogP contribution < -0.4 is 4.31 Å². The van der Waals surface area contributed by atoms with Crippen molar-refractivity contribution in [2.24, 2.45) is 10.2 Å². The summed E-state index contributed by atoms with van der Waals surface area (Å²) >= 11 is 1.84. The molecular weight excluding hydrogens is 522 g/mol. The van der Waals surface area contributed by atoms with E-state index in [4.69, 9.17) is 0 Å². The molecule has 0 atom stereocenters. The summed E-state index contributed by atoms with van der Waals surface area (Å²) in [6.07, 6.45) is -2.45. The molecule has 0 radical (unpaired) electrons. The van der Waals surface area contributed by atoms with Gasteiger partial charge in [-0.3, -0.25) is 4.90 Å². The molecule has 40 heavy (non-hydrogen) atoms. The standard InChI is InChI=1S/C31H28F2N4S.C2H6/c32-31(33)29-18-28(34-35-29)23-14-12-22(13-15-23)19-37(27-10-2-1-3-11-27)38-17-16-36-20-25-8-4-6-24-7-5-9-26(21-36)30(24)25;1-2/h1-15,31H,16-21H2;1-2H3. The van der Waals surface area contributed by atoms with Gasteiger partial charge in [0.05, 0.1) is 12.3 Å². The number of halogens is 2. The molecule has 4 nitrogen and oxygen atoms in total. The molecule has 2 heterocycles. The summed E-state index contributed by atoms with van der Waals surface area (Å²) in [5, 5.41) is 10.4. The minimum atomic E-state index is -2.56. The monoisotopic (exact) mass is 556 g/mol. The third-order valence-corrected chi connectivity index (χ3v) is 8.09. The molecule has 0 bridgehead atoms. The predicted molar refractivity (Wildman–Crippen MR) is 166 cm³/mol. The smallest absolute Gasteiger partial charge is 0.278 e. The zero-order valence-corrected chi connectivity index (χ0v) is 23.7. The lowest BCUT2D eigenvalue weighted by Crippen LogP contribution is -2.29. The van der Waals surface area contributed by atoms with Gasteiger partial charge in [0.15, 0.2) is 0 Å². The quantitative estimate of drug-likeness (QED) is 0.194. The molecule has 0 fully saturated rings. The third kappa shape index (κ3) is 6.43. The van der Waals surface area contributed by atoms with Crippen molar-refractivity contribution in [3.8, 4) is 0 Å². The molecule has 0 unspecified atom stereocenters. The minimum absolute atomic E-state index is 0.110. The van der Waals surface area contributed by atoms with Crippen molar-refractivity contribution in [3.05, 3.63) is 113 Å². The predicted octanol–water partition coefficient (Wildman–Crippen LogP) is 8.35. The fraction of sp³-hybridized carbons (Fsp3) is 0.273. The second kappa shape index (κ2) is 13.2. The van der Waals surface area contributed by atoms with Crippen LogP contribution in [0, 0.1) is 0 Å². The van der Waals surface area contributed by atoms with Crippen LogP contribution in [0.3, 0.4) is 0 Å². The van der Waals surface area contributed by atoms with E-state index in [0.29, 0.717) is 5.71 Å². The Hall–Kier alpha value is -3.55. The SMILES string of the molecule is CC.FC(F)C1=NN=C(c2ccc(CN(SCCN3Cc4cccc5cccc(c45)C3)c3ccccc3)cc2)C1. The maximum Gasteiger partial charge on any atom is 0.278 e. The lowest BCUT2D eigenvalue weighted by atomic mass is 9.95. The van der Waals surface area contributed by atoms with Gasteiger partial charge in [-0.1, -0.05) is 92.7 Å². The third-order valence-electron chi connectivity index (χ3n) is 7.08. The number of hydrogen-bond donors (Lipinski definition) is 0. The molecule has 6 rings (SSSR count). The van der Waals surface area contributed by atoms with Crippen LogP contribution in [0.15, 0.2) is 101 Å². The Labute approximate surface area is 239 Å². The van der Waals surface area contributed by atoms with E-state index < -0.39 is 6.43 Å². The fourth-order valence-corrected chi connectivity index (χ4v) is 6.23. The number of hydrogen-bond acceptors (Lipinski definition) is 5. The molecule has 0 N–H and O–H groups in total. The van der Waals surface area contributed by atoms with Crippen LogP contribution in [0.1, 0.15) is 42.5 Å². The van der Waals surface area contributed by atoms with Crippen molar-refractivity contribution in [2.45, 2.75) is 46.3 Å². The molecule has 0 spiro atoms. The van der Waals surface area contributed by atoms with E-state index in [-0.39, 0.29) is 12.1 Å². The summed E-state index contributed by atoms with van der Waals surface area (Å²) in [6.45, 7) is 7.68. The van der Waals surface area contributed by atoms with Gasteiger partial charge in [-0.05, 0) is 57.1 Å².